The van der Waals surface area contributed by atoms with E-state index in [-0.39, 0.29) is 0 Å². The molecule has 0 fully saturated rings. The molecule has 25 heavy (non-hydrogen) atoms. The van der Waals surface area contributed by atoms with E-state index < -0.39 is 0 Å². The van der Waals surface area contributed by atoms with Gasteiger partial charge in [-0.25, -0.2) is 5.53 Å². The molecular formula is C21H24N4. The molecule has 0 aliphatic heterocycles. The Morgan fingerprint density at radius 1 is 1.04 bits per heavy atom. The van der Waals surface area contributed by atoms with Gasteiger partial charge in [0.25, 0.3) is 0 Å². The van der Waals surface area contributed by atoms with Crippen LogP contribution in [0.2, 0.25) is 0 Å². The van der Waals surface area contributed by atoms with Gasteiger partial charge in [-0.05, 0) is 50.1 Å². The zero-order valence-electron chi connectivity index (χ0n) is 15.2. The van der Waals surface area contributed by atoms with Crippen LogP contribution in [0.5, 0.6) is 0 Å². The second kappa shape index (κ2) is 6.93. The lowest BCUT2D eigenvalue weighted by Crippen LogP contribution is -2.09. The molecule has 0 aliphatic carbocycles. The lowest BCUT2D eigenvalue weighted by molar-refractivity contribution is 0.898. The number of nitrogens with zero attached hydrogens (tertiary/aromatic N) is 2. The van der Waals surface area contributed by atoms with E-state index in [4.69, 9.17) is 5.53 Å². The SMILES string of the molecule is Cc1ccccc1-c1cc(-c2ccc(NC(C)C)c(N=N)c2)n(C)c1. The molecule has 3 aromatic rings. The number of nitrogens with one attached hydrogen (secondary N) is 2. The van der Waals surface area contributed by atoms with Crippen LogP contribution in [-0.2, 0) is 7.05 Å². The van der Waals surface area contributed by atoms with Crippen molar-refractivity contribution in [3.8, 4) is 22.4 Å². The van der Waals surface area contributed by atoms with Gasteiger partial charge in [-0.3, -0.25) is 0 Å². The summed E-state index contributed by atoms with van der Waals surface area (Å²) in [6, 6.07) is 17.0. The molecule has 0 atom stereocenters. The number of hydrogen-bond donors (Lipinski definition) is 2. The zero-order chi connectivity index (χ0) is 18.0. The number of anilines is 1. The summed E-state index contributed by atoms with van der Waals surface area (Å²) >= 11 is 0. The van der Waals surface area contributed by atoms with Crippen molar-refractivity contribution in [3.63, 3.8) is 0 Å². The van der Waals surface area contributed by atoms with Crippen LogP contribution >= 0.6 is 0 Å². The summed E-state index contributed by atoms with van der Waals surface area (Å²) in [5, 5.41) is 7.03. The lowest BCUT2D eigenvalue weighted by atomic mass is 10.0. The van der Waals surface area contributed by atoms with Crippen LogP contribution in [0, 0.1) is 12.5 Å². The maximum atomic E-state index is 7.49. The molecule has 0 spiro atoms. The summed E-state index contributed by atoms with van der Waals surface area (Å²) < 4.78 is 2.13. The molecule has 0 amide bonds. The highest BCUT2D eigenvalue weighted by Gasteiger charge is 2.11. The van der Waals surface area contributed by atoms with E-state index in [1.807, 2.05) is 12.1 Å². The predicted molar refractivity (Wildman–Crippen MR) is 105 cm³/mol. The number of aryl methyl sites for hydroxylation is 2. The average molecular weight is 332 g/mol. The summed E-state index contributed by atoms with van der Waals surface area (Å²) in [4.78, 5) is 0. The number of aromatic nitrogens is 1. The van der Waals surface area contributed by atoms with E-state index in [0.717, 1.165) is 16.9 Å². The van der Waals surface area contributed by atoms with Gasteiger partial charge in [-0.2, -0.15) is 5.11 Å². The van der Waals surface area contributed by atoms with Crippen molar-refractivity contribution in [1.82, 2.24) is 4.57 Å². The minimum Gasteiger partial charge on any atom is -0.381 e. The van der Waals surface area contributed by atoms with Crippen molar-refractivity contribution in [3.05, 3.63) is 60.3 Å². The molecule has 0 aliphatic rings. The topological polar surface area (TPSA) is 53.2 Å². The number of hydrogen-bond acceptors (Lipinski definition) is 3. The maximum absolute atomic E-state index is 7.49. The normalized spacial score (nSPS) is 10.9. The van der Waals surface area contributed by atoms with E-state index in [0.29, 0.717) is 11.7 Å². The molecule has 0 saturated heterocycles. The Morgan fingerprint density at radius 3 is 2.48 bits per heavy atom. The van der Waals surface area contributed by atoms with Gasteiger partial charge in [-0.15, -0.1) is 0 Å². The summed E-state index contributed by atoms with van der Waals surface area (Å²) in [6.07, 6.45) is 2.15. The van der Waals surface area contributed by atoms with Crippen molar-refractivity contribution in [2.45, 2.75) is 26.8 Å². The van der Waals surface area contributed by atoms with Crippen LogP contribution in [0.25, 0.3) is 22.4 Å². The number of rotatable bonds is 5. The average Bonchev–Trinajstić information content (AvgIpc) is 2.96. The highest BCUT2D eigenvalue weighted by molar-refractivity contribution is 5.78. The molecule has 4 heteroatoms. The molecule has 0 unspecified atom stereocenters. The molecule has 2 aromatic carbocycles. The van der Waals surface area contributed by atoms with Gasteiger partial charge in [-0.1, -0.05) is 30.3 Å². The fourth-order valence-corrected chi connectivity index (χ4v) is 3.11. The van der Waals surface area contributed by atoms with Crippen molar-refractivity contribution in [2.24, 2.45) is 12.2 Å². The Kier molecular flexibility index (Phi) is 4.70. The number of benzene rings is 2. The van der Waals surface area contributed by atoms with Crippen LogP contribution in [-0.4, -0.2) is 10.6 Å². The van der Waals surface area contributed by atoms with Gasteiger partial charge in [0.2, 0.25) is 0 Å². The molecule has 128 valence electrons. The summed E-state index contributed by atoms with van der Waals surface area (Å²) in [7, 11) is 2.05. The van der Waals surface area contributed by atoms with Gasteiger partial charge in [0.15, 0.2) is 0 Å². The minimum absolute atomic E-state index is 0.300. The second-order valence-corrected chi connectivity index (χ2v) is 6.68. The van der Waals surface area contributed by atoms with Gasteiger partial charge in [0.1, 0.15) is 5.69 Å². The third kappa shape index (κ3) is 3.48. The van der Waals surface area contributed by atoms with Gasteiger partial charge >= 0.3 is 0 Å². The van der Waals surface area contributed by atoms with Crippen molar-refractivity contribution in [1.29, 1.82) is 5.53 Å². The van der Waals surface area contributed by atoms with E-state index in [9.17, 15) is 0 Å². The summed E-state index contributed by atoms with van der Waals surface area (Å²) in [6.45, 7) is 6.28. The zero-order valence-corrected chi connectivity index (χ0v) is 15.2. The summed E-state index contributed by atoms with van der Waals surface area (Å²) in [5.74, 6) is 0. The molecule has 1 heterocycles. The third-order valence-electron chi connectivity index (χ3n) is 4.32. The molecule has 1 aromatic heterocycles. The largest absolute Gasteiger partial charge is 0.381 e. The van der Waals surface area contributed by atoms with Crippen LogP contribution in [0.4, 0.5) is 11.4 Å². The molecule has 3 rings (SSSR count). The van der Waals surface area contributed by atoms with E-state index in [2.05, 4.69) is 85.4 Å². The third-order valence-corrected chi connectivity index (χ3v) is 4.32. The van der Waals surface area contributed by atoms with Crippen LogP contribution in [0.3, 0.4) is 0 Å². The molecular weight excluding hydrogens is 308 g/mol. The van der Waals surface area contributed by atoms with Gasteiger partial charge in [0.05, 0.1) is 5.69 Å². The van der Waals surface area contributed by atoms with Crippen molar-refractivity contribution in [2.75, 3.05) is 5.32 Å². The maximum Gasteiger partial charge on any atom is 0.109 e. The van der Waals surface area contributed by atoms with E-state index >= 15 is 0 Å². The van der Waals surface area contributed by atoms with Crippen molar-refractivity contribution < 1.29 is 0 Å². The Morgan fingerprint density at radius 2 is 1.80 bits per heavy atom. The highest BCUT2D eigenvalue weighted by atomic mass is 15.0. The Bertz CT molecular complexity index is 906. The van der Waals surface area contributed by atoms with E-state index in [1.165, 1.54) is 16.7 Å². The molecule has 0 bridgehead atoms. The quantitative estimate of drug-likeness (QED) is 0.541. The van der Waals surface area contributed by atoms with Crippen molar-refractivity contribution >= 4 is 11.4 Å². The Hall–Kier alpha value is -2.88. The van der Waals surface area contributed by atoms with E-state index in [1.54, 1.807) is 0 Å². The molecule has 2 N–H and O–H groups in total. The first-order valence-corrected chi connectivity index (χ1v) is 8.50. The smallest absolute Gasteiger partial charge is 0.109 e. The van der Waals surface area contributed by atoms with Gasteiger partial charge in [0, 0.05) is 36.1 Å². The first-order valence-electron chi connectivity index (χ1n) is 8.50. The molecule has 0 saturated carbocycles. The Labute approximate surface area is 149 Å². The van der Waals surface area contributed by atoms with Crippen LogP contribution in [0.15, 0.2) is 59.8 Å². The fraction of sp³-hybridized carbons (Fsp3) is 0.238. The monoisotopic (exact) mass is 332 g/mol. The van der Waals surface area contributed by atoms with Crippen LogP contribution < -0.4 is 5.32 Å². The first-order chi connectivity index (χ1) is 12.0. The van der Waals surface area contributed by atoms with Gasteiger partial charge < -0.3 is 9.88 Å². The molecule has 4 nitrogen and oxygen atoms in total. The molecule has 0 radical (unpaired) electrons. The lowest BCUT2D eigenvalue weighted by Gasteiger charge is -2.13. The standard InChI is InChI=1S/C21H24N4/c1-14(2)23-19-10-9-16(11-20(19)24-22)21-12-17(13-25(21)4)18-8-6-5-7-15(18)3/h5-14,22-23H,1-4H3. The predicted octanol–water partition coefficient (Wildman–Crippen LogP) is 6.15. The summed E-state index contributed by atoms with van der Waals surface area (Å²) in [5.41, 5.74) is 14.9. The second-order valence-electron chi connectivity index (χ2n) is 6.68. The minimum atomic E-state index is 0.300. The first kappa shape index (κ1) is 17.0. The van der Waals surface area contributed by atoms with Crippen LogP contribution in [0.1, 0.15) is 19.4 Å². The highest BCUT2D eigenvalue weighted by Crippen LogP contribution is 2.34. The fourth-order valence-electron chi connectivity index (χ4n) is 3.11. The Balaban J connectivity index is 2.03.